The Labute approximate surface area is 137 Å². The zero-order chi connectivity index (χ0) is 16.4. The van der Waals surface area contributed by atoms with Crippen molar-refractivity contribution < 1.29 is 14.7 Å². The molecule has 0 saturated carbocycles. The number of piperidine rings is 1. The second-order valence-electron chi connectivity index (χ2n) is 6.50. The summed E-state index contributed by atoms with van der Waals surface area (Å²) < 4.78 is 10.9. The fourth-order valence-corrected chi connectivity index (χ4v) is 4.16. The van der Waals surface area contributed by atoms with Crippen LogP contribution in [0.15, 0.2) is 17.3 Å². The molecule has 2 aliphatic heterocycles. The van der Waals surface area contributed by atoms with Crippen LogP contribution in [-0.4, -0.2) is 43.6 Å². The van der Waals surface area contributed by atoms with Crippen LogP contribution in [0.2, 0.25) is 0 Å². The number of ether oxygens (including phenoxy) is 2. The van der Waals surface area contributed by atoms with Gasteiger partial charge in [-0.1, -0.05) is 13.3 Å². The Morgan fingerprint density at radius 1 is 1.30 bits per heavy atom. The molecule has 3 rings (SSSR count). The number of benzene rings is 1. The zero-order valence-corrected chi connectivity index (χ0v) is 14.2. The second kappa shape index (κ2) is 6.79. The van der Waals surface area contributed by atoms with Crippen LogP contribution in [0.25, 0.3) is 0 Å². The van der Waals surface area contributed by atoms with E-state index >= 15 is 0 Å². The van der Waals surface area contributed by atoms with Crippen molar-refractivity contribution in [3.63, 3.8) is 0 Å². The van der Waals surface area contributed by atoms with E-state index in [-0.39, 0.29) is 0 Å². The molecule has 126 valence electrons. The van der Waals surface area contributed by atoms with E-state index in [2.05, 4.69) is 29.1 Å². The third-order valence-corrected chi connectivity index (χ3v) is 5.47. The summed E-state index contributed by atoms with van der Waals surface area (Å²) in [6.07, 6.45) is 4.87. The van der Waals surface area contributed by atoms with E-state index in [1.165, 1.54) is 11.1 Å². The van der Waals surface area contributed by atoms with Crippen molar-refractivity contribution in [2.24, 2.45) is 17.0 Å². The van der Waals surface area contributed by atoms with Crippen LogP contribution in [0.3, 0.4) is 0 Å². The monoisotopic (exact) mass is 318 g/mol. The maximum absolute atomic E-state index is 8.99. The number of hydrogen-bond acceptors (Lipinski definition) is 5. The smallest absolute Gasteiger partial charge is 0.161 e. The highest BCUT2D eigenvalue weighted by Crippen LogP contribution is 2.44. The van der Waals surface area contributed by atoms with E-state index in [4.69, 9.17) is 14.7 Å². The van der Waals surface area contributed by atoms with Crippen molar-refractivity contribution in [2.45, 2.75) is 32.2 Å². The molecule has 0 amide bonds. The molecule has 3 unspecified atom stereocenters. The number of oxime groups is 1. The molecule has 1 aromatic carbocycles. The number of nitrogens with zero attached hydrogens (tertiary/aromatic N) is 2. The molecular weight excluding hydrogens is 292 g/mol. The van der Waals surface area contributed by atoms with Gasteiger partial charge in [-0.05, 0) is 42.0 Å². The van der Waals surface area contributed by atoms with Crippen LogP contribution in [0.1, 0.15) is 36.9 Å². The van der Waals surface area contributed by atoms with Gasteiger partial charge in [-0.3, -0.25) is 4.90 Å². The Balaban J connectivity index is 1.95. The summed E-state index contributed by atoms with van der Waals surface area (Å²) in [7, 11) is 3.36. The lowest BCUT2D eigenvalue weighted by Gasteiger charge is -2.46. The molecule has 0 aliphatic carbocycles. The van der Waals surface area contributed by atoms with E-state index in [0.29, 0.717) is 17.9 Å². The summed E-state index contributed by atoms with van der Waals surface area (Å²) in [5, 5.41) is 12.3. The molecule has 1 fully saturated rings. The lowest BCUT2D eigenvalue weighted by atomic mass is 9.76. The number of hydrogen-bond donors (Lipinski definition) is 1. The molecule has 1 aromatic rings. The first-order valence-corrected chi connectivity index (χ1v) is 8.38. The quantitative estimate of drug-likeness (QED) is 0.526. The van der Waals surface area contributed by atoms with Gasteiger partial charge in [0.05, 0.1) is 14.2 Å². The summed E-state index contributed by atoms with van der Waals surface area (Å²) in [5.74, 6) is 2.47. The van der Waals surface area contributed by atoms with Crippen molar-refractivity contribution in [2.75, 3.05) is 27.3 Å². The van der Waals surface area contributed by atoms with Crippen molar-refractivity contribution >= 4 is 6.21 Å². The van der Waals surface area contributed by atoms with Gasteiger partial charge in [-0.15, -0.1) is 5.16 Å². The Kier molecular flexibility index (Phi) is 4.76. The normalized spacial score (nSPS) is 27.5. The molecule has 2 aliphatic rings. The first-order chi connectivity index (χ1) is 11.2. The maximum Gasteiger partial charge on any atom is 0.161 e. The zero-order valence-electron chi connectivity index (χ0n) is 14.2. The largest absolute Gasteiger partial charge is 0.493 e. The van der Waals surface area contributed by atoms with E-state index in [0.717, 1.165) is 43.9 Å². The van der Waals surface area contributed by atoms with Crippen LogP contribution in [0.5, 0.6) is 11.5 Å². The highest BCUT2D eigenvalue weighted by atomic mass is 16.5. The predicted octanol–water partition coefficient (Wildman–Crippen LogP) is 3.11. The van der Waals surface area contributed by atoms with Crippen LogP contribution in [0, 0.1) is 11.8 Å². The fourth-order valence-electron chi connectivity index (χ4n) is 4.16. The SMILES string of the molecule is CCC1CN2CCc3cc(OC)c(OC)cc3C2CC1/C=N\O. The van der Waals surface area contributed by atoms with Gasteiger partial charge in [0.25, 0.3) is 0 Å². The van der Waals surface area contributed by atoms with Gasteiger partial charge in [0, 0.05) is 31.3 Å². The third kappa shape index (κ3) is 2.90. The number of methoxy groups -OCH3 is 2. The highest BCUT2D eigenvalue weighted by Gasteiger charge is 2.38. The van der Waals surface area contributed by atoms with Crippen LogP contribution >= 0.6 is 0 Å². The summed E-state index contributed by atoms with van der Waals surface area (Å²) in [5.41, 5.74) is 2.68. The van der Waals surface area contributed by atoms with Crippen molar-refractivity contribution in [3.8, 4) is 11.5 Å². The molecule has 5 heteroatoms. The van der Waals surface area contributed by atoms with Gasteiger partial charge in [-0.25, -0.2) is 0 Å². The van der Waals surface area contributed by atoms with Gasteiger partial charge in [-0.2, -0.15) is 0 Å². The molecule has 1 saturated heterocycles. The van der Waals surface area contributed by atoms with E-state index in [1.54, 1.807) is 20.4 Å². The summed E-state index contributed by atoms with van der Waals surface area (Å²) in [6, 6.07) is 4.61. The Bertz CT molecular complexity index is 588. The van der Waals surface area contributed by atoms with E-state index < -0.39 is 0 Å². The van der Waals surface area contributed by atoms with Gasteiger partial charge in [0.1, 0.15) is 0 Å². The molecule has 3 atom stereocenters. The lowest BCUT2D eigenvalue weighted by molar-refractivity contribution is 0.0761. The van der Waals surface area contributed by atoms with E-state index in [1.807, 2.05) is 0 Å². The summed E-state index contributed by atoms with van der Waals surface area (Å²) >= 11 is 0. The number of rotatable bonds is 4. The maximum atomic E-state index is 8.99. The molecule has 23 heavy (non-hydrogen) atoms. The van der Waals surface area contributed by atoms with Crippen molar-refractivity contribution in [3.05, 3.63) is 23.3 Å². The first kappa shape index (κ1) is 16.1. The average Bonchev–Trinajstić information content (AvgIpc) is 2.60. The van der Waals surface area contributed by atoms with Crippen LogP contribution in [-0.2, 0) is 6.42 Å². The molecule has 0 spiro atoms. The Morgan fingerprint density at radius 2 is 2.04 bits per heavy atom. The van der Waals surface area contributed by atoms with Gasteiger partial charge in [0.2, 0.25) is 0 Å². The highest BCUT2D eigenvalue weighted by molar-refractivity contribution is 5.61. The Morgan fingerprint density at radius 3 is 2.70 bits per heavy atom. The van der Waals surface area contributed by atoms with Gasteiger partial charge >= 0.3 is 0 Å². The molecule has 0 bridgehead atoms. The molecule has 5 nitrogen and oxygen atoms in total. The molecule has 2 heterocycles. The average molecular weight is 318 g/mol. The van der Waals surface area contributed by atoms with Crippen molar-refractivity contribution in [1.29, 1.82) is 0 Å². The molecule has 0 aromatic heterocycles. The van der Waals surface area contributed by atoms with Crippen molar-refractivity contribution in [1.82, 2.24) is 4.90 Å². The molecule has 0 radical (unpaired) electrons. The minimum Gasteiger partial charge on any atom is -0.493 e. The fraction of sp³-hybridized carbons (Fsp3) is 0.611. The van der Waals surface area contributed by atoms with Gasteiger partial charge in [0.15, 0.2) is 11.5 Å². The van der Waals surface area contributed by atoms with Crippen LogP contribution < -0.4 is 9.47 Å². The summed E-state index contributed by atoms with van der Waals surface area (Å²) in [6.45, 7) is 4.35. The second-order valence-corrected chi connectivity index (χ2v) is 6.50. The minimum absolute atomic E-state index is 0.324. The molecule has 1 N–H and O–H groups in total. The summed E-state index contributed by atoms with van der Waals surface area (Å²) in [4.78, 5) is 2.57. The van der Waals surface area contributed by atoms with E-state index in [9.17, 15) is 0 Å². The number of fused-ring (bicyclic) bond motifs is 3. The van der Waals surface area contributed by atoms with Gasteiger partial charge < -0.3 is 14.7 Å². The Hall–Kier alpha value is -1.75. The predicted molar refractivity (Wildman–Crippen MR) is 89.7 cm³/mol. The standard InChI is InChI=1S/C18H26N2O3/c1-4-12-11-20-6-5-13-8-17(22-2)18(23-3)9-15(13)16(20)7-14(12)10-19-21/h8-10,12,14,16,21H,4-7,11H2,1-3H3/b19-10-. The molecular formula is C18H26N2O3. The first-order valence-electron chi connectivity index (χ1n) is 8.38. The third-order valence-electron chi connectivity index (χ3n) is 5.47. The van der Waals surface area contributed by atoms with Crippen LogP contribution in [0.4, 0.5) is 0 Å². The topological polar surface area (TPSA) is 54.3 Å². The minimum atomic E-state index is 0.324. The lowest BCUT2D eigenvalue weighted by Crippen LogP contribution is -2.46.